The number of hydrogen-bond acceptors (Lipinski definition) is 3. The lowest BCUT2D eigenvalue weighted by atomic mass is 10.3. The highest BCUT2D eigenvalue weighted by Crippen LogP contribution is 2.20. The van der Waals surface area contributed by atoms with Gasteiger partial charge in [-0.25, -0.2) is 4.98 Å². The molecule has 0 unspecified atom stereocenters. The first kappa shape index (κ1) is 14.8. The maximum absolute atomic E-state index is 10.9. The summed E-state index contributed by atoms with van der Waals surface area (Å²) in [6, 6.07) is 5.55. The van der Waals surface area contributed by atoms with Crippen LogP contribution in [0, 0.1) is 0 Å². The Hall–Kier alpha value is -1.59. The number of imidazole rings is 1. The Bertz CT molecular complexity index is 624. The highest BCUT2D eigenvalue weighted by Gasteiger charge is 2.14. The summed E-state index contributed by atoms with van der Waals surface area (Å²) < 4.78 is 1.96. The minimum atomic E-state index is -0.819. The van der Waals surface area contributed by atoms with E-state index in [1.165, 1.54) is 0 Å². The molecule has 1 N–H and O–H groups in total. The van der Waals surface area contributed by atoms with Crippen molar-refractivity contribution in [3.05, 3.63) is 29.0 Å². The van der Waals surface area contributed by atoms with E-state index in [1.54, 1.807) is 0 Å². The first-order valence-corrected chi connectivity index (χ1v) is 6.94. The molecule has 2 aromatic rings. The number of aryl methyl sites for hydroxylation is 1. The summed E-state index contributed by atoms with van der Waals surface area (Å²) in [6.07, 6.45) is 0.906. The lowest BCUT2D eigenvalue weighted by molar-refractivity contribution is -0.138. The van der Waals surface area contributed by atoms with Gasteiger partial charge in [0.25, 0.3) is 0 Å². The molecule has 108 valence electrons. The third-order valence-corrected chi connectivity index (χ3v) is 3.43. The Morgan fingerprint density at radius 1 is 1.50 bits per heavy atom. The molecular formula is C14H18ClN3O2. The molecule has 0 fully saturated rings. The number of carboxylic acids is 1. The normalized spacial score (nSPS) is 11.4. The number of aromatic nitrogens is 2. The van der Waals surface area contributed by atoms with Gasteiger partial charge in [0, 0.05) is 12.1 Å². The molecule has 1 aromatic heterocycles. The molecule has 1 aromatic carbocycles. The molecule has 0 saturated carbocycles. The van der Waals surface area contributed by atoms with Gasteiger partial charge in [0.1, 0.15) is 5.82 Å². The Morgan fingerprint density at radius 3 is 2.90 bits per heavy atom. The molecule has 0 spiro atoms. The van der Waals surface area contributed by atoms with Gasteiger partial charge in [-0.05, 0) is 31.2 Å². The fourth-order valence-electron chi connectivity index (χ4n) is 2.28. The number of rotatable bonds is 6. The molecule has 5 nitrogen and oxygen atoms in total. The van der Waals surface area contributed by atoms with Crippen molar-refractivity contribution in [3.63, 3.8) is 0 Å². The van der Waals surface area contributed by atoms with E-state index in [0.717, 1.165) is 29.8 Å². The third kappa shape index (κ3) is 3.29. The minimum absolute atomic E-state index is 0.0256. The number of fused-ring (bicyclic) bond motifs is 1. The number of carboxylic acid groups (broad SMARTS) is 1. The van der Waals surface area contributed by atoms with Crippen molar-refractivity contribution < 1.29 is 9.90 Å². The van der Waals surface area contributed by atoms with Crippen LogP contribution in [0.15, 0.2) is 18.2 Å². The van der Waals surface area contributed by atoms with Gasteiger partial charge in [-0.2, -0.15) is 0 Å². The maximum Gasteiger partial charge on any atom is 0.317 e. The third-order valence-electron chi connectivity index (χ3n) is 3.20. The summed E-state index contributed by atoms with van der Waals surface area (Å²) in [5, 5.41) is 9.62. The van der Waals surface area contributed by atoms with E-state index in [9.17, 15) is 4.79 Å². The molecule has 0 saturated heterocycles. The van der Waals surface area contributed by atoms with Crippen LogP contribution in [0.4, 0.5) is 0 Å². The standard InChI is InChI=1S/C14H18ClN3O2/c1-3-6-18(9-14(19)20)8-13-16-11-5-4-10(15)7-12(11)17(13)2/h4-5,7H,3,6,8-9H2,1-2H3,(H,19,20). The Kier molecular flexibility index (Phi) is 4.62. The lowest BCUT2D eigenvalue weighted by Gasteiger charge is -2.18. The summed E-state index contributed by atoms with van der Waals surface area (Å²) in [4.78, 5) is 17.3. The largest absolute Gasteiger partial charge is 0.480 e. The Labute approximate surface area is 122 Å². The summed E-state index contributed by atoms with van der Waals surface area (Å²) in [5.74, 6) is 0.0252. The molecular weight excluding hydrogens is 278 g/mol. The molecule has 1 heterocycles. The fourth-order valence-corrected chi connectivity index (χ4v) is 2.44. The van der Waals surface area contributed by atoms with Crippen LogP contribution in [0.5, 0.6) is 0 Å². The predicted octanol–water partition coefficient (Wildman–Crippen LogP) is 2.52. The van der Waals surface area contributed by atoms with E-state index in [-0.39, 0.29) is 6.54 Å². The number of carbonyl (C=O) groups is 1. The topological polar surface area (TPSA) is 58.4 Å². The molecule has 20 heavy (non-hydrogen) atoms. The van der Waals surface area contributed by atoms with Crippen LogP contribution in [0.3, 0.4) is 0 Å². The van der Waals surface area contributed by atoms with Gasteiger partial charge in [0.05, 0.1) is 24.1 Å². The van der Waals surface area contributed by atoms with Gasteiger partial charge in [-0.15, -0.1) is 0 Å². The van der Waals surface area contributed by atoms with Crippen LogP contribution < -0.4 is 0 Å². The van der Waals surface area contributed by atoms with E-state index in [0.29, 0.717) is 11.6 Å². The van der Waals surface area contributed by atoms with E-state index in [4.69, 9.17) is 16.7 Å². The van der Waals surface area contributed by atoms with Crippen LogP contribution in [-0.2, 0) is 18.4 Å². The molecule has 2 rings (SSSR count). The van der Waals surface area contributed by atoms with Crippen molar-refractivity contribution in [2.45, 2.75) is 19.9 Å². The fraction of sp³-hybridized carbons (Fsp3) is 0.429. The Balaban J connectivity index is 2.27. The summed E-state index contributed by atoms with van der Waals surface area (Å²) in [6.45, 7) is 3.31. The van der Waals surface area contributed by atoms with Gasteiger partial charge >= 0.3 is 5.97 Å². The number of hydrogen-bond donors (Lipinski definition) is 1. The maximum atomic E-state index is 10.9. The number of halogens is 1. The van der Waals surface area contributed by atoms with Crippen molar-refractivity contribution in [2.75, 3.05) is 13.1 Å². The molecule has 0 aliphatic carbocycles. The number of aliphatic carboxylic acids is 1. The van der Waals surface area contributed by atoms with Gasteiger partial charge in [-0.3, -0.25) is 9.69 Å². The van der Waals surface area contributed by atoms with Crippen LogP contribution in [-0.4, -0.2) is 38.6 Å². The zero-order chi connectivity index (χ0) is 14.7. The summed E-state index contributed by atoms with van der Waals surface area (Å²) in [7, 11) is 1.92. The molecule has 0 radical (unpaired) electrons. The average molecular weight is 296 g/mol. The SMILES string of the molecule is CCCN(CC(=O)O)Cc1nc2ccc(Cl)cc2n1C. The first-order valence-electron chi connectivity index (χ1n) is 6.56. The molecule has 6 heteroatoms. The van der Waals surface area contributed by atoms with Gasteiger partial charge < -0.3 is 9.67 Å². The summed E-state index contributed by atoms with van der Waals surface area (Å²) in [5.41, 5.74) is 1.83. The first-order chi connectivity index (χ1) is 9.51. The number of nitrogens with zero attached hydrogens (tertiary/aromatic N) is 3. The van der Waals surface area contributed by atoms with Crippen molar-refractivity contribution >= 4 is 28.6 Å². The van der Waals surface area contributed by atoms with Crippen molar-refractivity contribution in [1.82, 2.24) is 14.5 Å². The van der Waals surface area contributed by atoms with Gasteiger partial charge in [-0.1, -0.05) is 18.5 Å². The van der Waals surface area contributed by atoms with Crippen LogP contribution in [0.2, 0.25) is 5.02 Å². The van der Waals surface area contributed by atoms with E-state index < -0.39 is 5.97 Å². The van der Waals surface area contributed by atoms with Gasteiger partial charge in [0.2, 0.25) is 0 Å². The zero-order valence-electron chi connectivity index (χ0n) is 11.6. The lowest BCUT2D eigenvalue weighted by Crippen LogP contribution is -2.31. The predicted molar refractivity (Wildman–Crippen MR) is 78.9 cm³/mol. The van der Waals surface area contributed by atoms with Gasteiger partial charge in [0.15, 0.2) is 0 Å². The smallest absolute Gasteiger partial charge is 0.317 e. The van der Waals surface area contributed by atoms with Crippen molar-refractivity contribution in [1.29, 1.82) is 0 Å². The van der Waals surface area contributed by atoms with Crippen LogP contribution >= 0.6 is 11.6 Å². The Morgan fingerprint density at radius 2 is 2.25 bits per heavy atom. The molecule has 0 amide bonds. The molecule has 0 atom stereocenters. The van der Waals surface area contributed by atoms with E-state index in [1.807, 2.05) is 41.6 Å². The second kappa shape index (κ2) is 6.24. The second-order valence-corrected chi connectivity index (χ2v) is 5.26. The average Bonchev–Trinajstić information content (AvgIpc) is 2.66. The monoisotopic (exact) mass is 295 g/mol. The quantitative estimate of drug-likeness (QED) is 0.889. The van der Waals surface area contributed by atoms with Crippen molar-refractivity contribution in [3.8, 4) is 0 Å². The molecule has 0 aliphatic rings. The van der Waals surface area contributed by atoms with E-state index >= 15 is 0 Å². The molecule has 0 aliphatic heterocycles. The number of benzene rings is 1. The molecule has 0 bridgehead atoms. The summed E-state index contributed by atoms with van der Waals surface area (Å²) >= 11 is 5.99. The second-order valence-electron chi connectivity index (χ2n) is 4.82. The zero-order valence-corrected chi connectivity index (χ0v) is 12.4. The van der Waals surface area contributed by atoms with Crippen molar-refractivity contribution in [2.24, 2.45) is 7.05 Å². The highest BCUT2D eigenvalue weighted by atomic mass is 35.5. The van der Waals surface area contributed by atoms with E-state index in [2.05, 4.69) is 4.98 Å². The van der Waals surface area contributed by atoms with Crippen LogP contribution in [0.1, 0.15) is 19.2 Å². The highest BCUT2D eigenvalue weighted by molar-refractivity contribution is 6.31. The minimum Gasteiger partial charge on any atom is -0.480 e. The van der Waals surface area contributed by atoms with Crippen LogP contribution in [0.25, 0.3) is 11.0 Å².